The zero-order valence-electron chi connectivity index (χ0n) is 14.2. The number of nitrogens with zero attached hydrogens (tertiary/aromatic N) is 1. The van der Waals surface area contributed by atoms with Crippen molar-refractivity contribution in [1.82, 2.24) is 4.90 Å². The summed E-state index contributed by atoms with van der Waals surface area (Å²) in [6.07, 6.45) is 4.03. The van der Waals surface area contributed by atoms with Gasteiger partial charge in [-0.1, -0.05) is 18.9 Å². The molecule has 0 atom stereocenters. The van der Waals surface area contributed by atoms with E-state index in [1.54, 1.807) is 24.3 Å². The summed E-state index contributed by atoms with van der Waals surface area (Å²) in [6, 6.07) is 7.17. The zero-order chi connectivity index (χ0) is 17.4. The Bertz CT molecular complexity index is 814. The van der Waals surface area contributed by atoms with Gasteiger partial charge in [-0.05, 0) is 31.2 Å². The van der Waals surface area contributed by atoms with Gasteiger partial charge in [0.1, 0.15) is 17.6 Å². The van der Waals surface area contributed by atoms with Crippen molar-refractivity contribution in [3.05, 3.63) is 50.7 Å². The van der Waals surface area contributed by atoms with E-state index in [1.165, 1.54) is 10.9 Å². The number of hydrogen-bond acceptors (Lipinski definition) is 5. The van der Waals surface area contributed by atoms with Crippen LogP contribution < -0.4 is 10.4 Å². The van der Waals surface area contributed by atoms with E-state index in [1.807, 2.05) is 16.3 Å². The Hall–Kier alpha value is -2.08. The predicted octanol–water partition coefficient (Wildman–Crippen LogP) is 3.11. The minimum atomic E-state index is -0.412. The highest BCUT2D eigenvalue weighted by Crippen LogP contribution is 2.45. The topological polar surface area (TPSA) is 59.8 Å². The van der Waals surface area contributed by atoms with Crippen LogP contribution in [0.25, 0.3) is 0 Å². The van der Waals surface area contributed by atoms with Gasteiger partial charge in [0.15, 0.2) is 0 Å². The fraction of sp³-hybridized carbons (Fsp3) is 0.474. The lowest BCUT2D eigenvalue weighted by molar-refractivity contribution is -0.146. The second kappa shape index (κ2) is 6.33. The molecule has 1 amide bonds. The molecule has 3 heterocycles. The monoisotopic (exact) mass is 359 g/mol. The summed E-state index contributed by atoms with van der Waals surface area (Å²) in [5, 5.41) is 2.05. The molecule has 0 aromatic carbocycles. The van der Waals surface area contributed by atoms with Crippen molar-refractivity contribution in [1.29, 1.82) is 0 Å². The molecule has 5 nitrogen and oxygen atoms in total. The van der Waals surface area contributed by atoms with Gasteiger partial charge in [0, 0.05) is 10.9 Å². The maximum atomic E-state index is 13.2. The van der Waals surface area contributed by atoms with Crippen molar-refractivity contribution in [2.45, 2.75) is 44.1 Å². The van der Waals surface area contributed by atoms with E-state index in [-0.39, 0.29) is 17.4 Å². The molecule has 0 unspecified atom stereocenters. The molecule has 0 radical (unpaired) electrons. The smallest absolute Gasteiger partial charge is 0.339 e. The summed E-state index contributed by atoms with van der Waals surface area (Å²) in [7, 11) is 0. The van der Waals surface area contributed by atoms with Crippen molar-refractivity contribution in [2.24, 2.45) is 0 Å². The van der Waals surface area contributed by atoms with E-state index in [4.69, 9.17) is 9.15 Å². The third-order valence-electron chi connectivity index (χ3n) is 5.16. The van der Waals surface area contributed by atoms with E-state index in [0.29, 0.717) is 24.6 Å². The summed E-state index contributed by atoms with van der Waals surface area (Å²) >= 11 is 1.68. The maximum Gasteiger partial charge on any atom is 0.339 e. The number of carbonyl (C=O) groups excluding carboxylic acids is 1. The summed E-state index contributed by atoms with van der Waals surface area (Å²) in [4.78, 5) is 27.7. The molecule has 1 aliphatic carbocycles. The molecule has 25 heavy (non-hydrogen) atoms. The molecule has 2 fully saturated rings. The highest BCUT2D eigenvalue weighted by molar-refractivity contribution is 7.10. The third-order valence-corrected chi connectivity index (χ3v) is 6.24. The quantitative estimate of drug-likeness (QED) is 0.842. The first-order valence-corrected chi connectivity index (χ1v) is 9.57. The standard InChI is InChI=1S/C19H21NO4S/c1-13-9-14(10-17(21)23-13)24-15-11-20(12-15)18(22)19(6-2-3-7-19)16-5-4-8-25-16/h4-5,8-10,15H,2-3,6-7,11-12H2,1H3. The van der Waals surface area contributed by atoms with Crippen LogP contribution in [0.15, 0.2) is 38.9 Å². The molecule has 2 aromatic heterocycles. The van der Waals surface area contributed by atoms with E-state index in [0.717, 1.165) is 25.7 Å². The Kier molecular flexibility index (Phi) is 4.15. The molecule has 0 N–H and O–H groups in total. The first-order valence-electron chi connectivity index (χ1n) is 8.69. The number of hydrogen-bond donors (Lipinski definition) is 0. The fourth-order valence-electron chi connectivity index (χ4n) is 3.91. The number of rotatable bonds is 4. The van der Waals surface area contributed by atoms with Gasteiger partial charge in [0.05, 0.1) is 24.6 Å². The van der Waals surface area contributed by atoms with Crippen molar-refractivity contribution in [2.75, 3.05) is 13.1 Å². The van der Waals surface area contributed by atoms with E-state index >= 15 is 0 Å². The highest BCUT2D eigenvalue weighted by Gasteiger charge is 2.48. The first kappa shape index (κ1) is 16.4. The van der Waals surface area contributed by atoms with Gasteiger partial charge in [-0.15, -0.1) is 11.3 Å². The van der Waals surface area contributed by atoms with Crippen LogP contribution >= 0.6 is 11.3 Å². The molecule has 2 aliphatic rings. The second-order valence-corrected chi connectivity index (χ2v) is 7.89. The van der Waals surface area contributed by atoms with Crippen LogP contribution in [0.5, 0.6) is 5.75 Å². The molecule has 0 spiro atoms. The first-order chi connectivity index (χ1) is 12.1. The van der Waals surface area contributed by atoms with Crippen molar-refractivity contribution in [3.8, 4) is 5.75 Å². The number of ether oxygens (including phenoxy) is 1. The molecule has 132 valence electrons. The molecule has 1 saturated heterocycles. The largest absolute Gasteiger partial charge is 0.486 e. The van der Waals surface area contributed by atoms with Crippen molar-refractivity contribution in [3.63, 3.8) is 0 Å². The number of aryl methyl sites for hydroxylation is 1. The second-order valence-electron chi connectivity index (χ2n) is 6.94. The van der Waals surface area contributed by atoms with Gasteiger partial charge in [-0.2, -0.15) is 0 Å². The fourth-order valence-corrected chi connectivity index (χ4v) is 4.89. The van der Waals surface area contributed by atoms with Gasteiger partial charge in [-0.3, -0.25) is 4.79 Å². The van der Waals surface area contributed by atoms with Gasteiger partial charge in [0.25, 0.3) is 0 Å². The SMILES string of the molecule is Cc1cc(OC2CN(C(=O)C3(c4cccs4)CCCC3)C2)cc(=O)o1. The van der Waals surface area contributed by atoms with E-state index in [9.17, 15) is 9.59 Å². The van der Waals surface area contributed by atoms with Crippen LogP contribution in [-0.4, -0.2) is 30.0 Å². The Balaban J connectivity index is 1.43. The van der Waals surface area contributed by atoms with Crippen LogP contribution in [0.4, 0.5) is 0 Å². The number of carbonyl (C=O) groups is 1. The minimum Gasteiger partial charge on any atom is -0.486 e. The Morgan fingerprint density at radius 2 is 2.08 bits per heavy atom. The van der Waals surface area contributed by atoms with Crippen LogP contribution in [0.3, 0.4) is 0 Å². The van der Waals surface area contributed by atoms with Crippen LogP contribution in [0, 0.1) is 6.92 Å². The molecular formula is C19H21NO4S. The van der Waals surface area contributed by atoms with E-state index < -0.39 is 5.63 Å². The maximum absolute atomic E-state index is 13.2. The average Bonchev–Trinajstić information content (AvgIpc) is 3.20. The van der Waals surface area contributed by atoms with Gasteiger partial charge in [-0.25, -0.2) is 4.79 Å². The lowest BCUT2D eigenvalue weighted by atomic mass is 9.82. The van der Waals surface area contributed by atoms with Crippen molar-refractivity contribution < 1.29 is 13.9 Å². The van der Waals surface area contributed by atoms with Gasteiger partial charge >= 0.3 is 5.63 Å². The molecule has 0 bridgehead atoms. The lowest BCUT2D eigenvalue weighted by Crippen LogP contribution is -2.60. The Morgan fingerprint density at radius 1 is 1.32 bits per heavy atom. The average molecular weight is 359 g/mol. The molecule has 6 heteroatoms. The van der Waals surface area contributed by atoms with Gasteiger partial charge in [0.2, 0.25) is 5.91 Å². The lowest BCUT2D eigenvalue weighted by Gasteiger charge is -2.43. The molecule has 4 rings (SSSR count). The highest BCUT2D eigenvalue weighted by atomic mass is 32.1. The van der Waals surface area contributed by atoms with Crippen LogP contribution in [0.1, 0.15) is 36.3 Å². The summed E-state index contributed by atoms with van der Waals surface area (Å²) in [6.45, 7) is 2.87. The molecule has 2 aromatic rings. The Labute approximate surface area is 150 Å². The summed E-state index contributed by atoms with van der Waals surface area (Å²) in [5.41, 5.74) is -0.742. The zero-order valence-corrected chi connectivity index (χ0v) is 15.0. The number of likely N-dealkylation sites (tertiary alicyclic amines) is 1. The van der Waals surface area contributed by atoms with Gasteiger partial charge < -0.3 is 14.1 Å². The summed E-state index contributed by atoms with van der Waals surface area (Å²) < 4.78 is 10.8. The molecular weight excluding hydrogens is 338 g/mol. The number of amides is 1. The number of thiophene rings is 1. The normalized spacial score (nSPS) is 19.6. The Morgan fingerprint density at radius 3 is 2.72 bits per heavy atom. The van der Waals surface area contributed by atoms with Crippen LogP contribution in [0.2, 0.25) is 0 Å². The third kappa shape index (κ3) is 2.99. The summed E-state index contributed by atoms with van der Waals surface area (Å²) in [5.74, 6) is 1.27. The van der Waals surface area contributed by atoms with Crippen molar-refractivity contribution >= 4 is 17.2 Å². The van der Waals surface area contributed by atoms with Crippen LogP contribution in [-0.2, 0) is 10.2 Å². The molecule has 1 saturated carbocycles. The predicted molar refractivity (Wildman–Crippen MR) is 95.2 cm³/mol. The molecule has 1 aliphatic heterocycles. The minimum absolute atomic E-state index is 0.0630. The van der Waals surface area contributed by atoms with E-state index in [2.05, 4.69) is 6.07 Å².